The number of hydrogen-bond donors (Lipinski definition) is 3. The molecule has 0 aliphatic heterocycles. The summed E-state index contributed by atoms with van der Waals surface area (Å²) in [6.07, 6.45) is 0. The maximum Gasteiger partial charge on any atom is 0.321 e. The van der Waals surface area contributed by atoms with E-state index in [2.05, 4.69) is 16.0 Å². The van der Waals surface area contributed by atoms with Crippen LogP contribution < -0.4 is 16.0 Å². The third-order valence-electron chi connectivity index (χ3n) is 2.53. The molecule has 1 aromatic rings. The smallest absolute Gasteiger partial charge is 0.321 e. The Kier molecular flexibility index (Phi) is 6.97. The first kappa shape index (κ1) is 17.6. The van der Waals surface area contributed by atoms with Gasteiger partial charge in [-0.3, -0.25) is 19.8 Å². The normalized spacial score (nSPS) is 10.2. The molecule has 0 radical (unpaired) electrons. The van der Waals surface area contributed by atoms with E-state index in [4.69, 9.17) is 0 Å². The van der Waals surface area contributed by atoms with Crippen LogP contribution in [-0.2, 0) is 9.59 Å². The molecule has 0 saturated carbocycles. The zero-order valence-corrected chi connectivity index (χ0v) is 12.5. The molecule has 8 heteroatoms. The number of hydrogen-bond acceptors (Lipinski definition) is 4. The molecule has 1 rings (SSSR count). The van der Waals surface area contributed by atoms with Gasteiger partial charge in [0.1, 0.15) is 5.82 Å². The number of carbonyl (C=O) groups excluding carboxylic acids is 3. The third-order valence-corrected chi connectivity index (χ3v) is 2.53. The number of carbonyl (C=O) groups is 3. The summed E-state index contributed by atoms with van der Waals surface area (Å²) in [5, 5.41) is 7.07. The first-order valence-corrected chi connectivity index (χ1v) is 6.72. The molecule has 0 aliphatic carbocycles. The van der Waals surface area contributed by atoms with Crippen molar-refractivity contribution >= 4 is 23.5 Å². The quantitative estimate of drug-likeness (QED) is 0.715. The van der Waals surface area contributed by atoms with Gasteiger partial charge in [-0.1, -0.05) is 6.07 Å². The molecule has 4 amide bonds. The number of nitrogens with zero attached hydrogens (tertiary/aromatic N) is 1. The number of amides is 4. The van der Waals surface area contributed by atoms with Gasteiger partial charge in [-0.15, -0.1) is 0 Å². The Labute approximate surface area is 127 Å². The molecule has 1 aromatic carbocycles. The molecule has 0 aliphatic rings. The topological polar surface area (TPSA) is 90.5 Å². The second-order valence-corrected chi connectivity index (χ2v) is 4.64. The van der Waals surface area contributed by atoms with Crippen molar-refractivity contribution in [3.8, 4) is 0 Å². The highest BCUT2D eigenvalue weighted by Gasteiger charge is 2.13. The predicted molar refractivity (Wildman–Crippen MR) is 79.7 cm³/mol. The first-order valence-electron chi connectivity index (χ1n) is 6.72. The fourth-order valence-corrected chi connectivity index (χ4v) is 1.68. The molecule has 0 atom stereocenters. The van der Waals surface area contributed by atoms with E-state index < -0.39 is 17.8 Å². The van der Waals surface area contributed by atoms with Crippen molar-refractivity contribution in [1.82, 2.24) is 15.5 Å². The van der Waals surface area contributed by atoms with Crippen molar-refractivity contribution in [3.05, 3.63) is 30.1 Å². The monoisotopic (exact) mass is 310 g/mol. The van der Waals surface area contributed by atoms with Gasteiger partial charge in [0.05, 0.1) is 13.1 Å². The van der Waals surface area contributed by atoms with E-state index in [0.717, 1.165) is 0 Å². The number of benzene rings is 1. The predicted octanol–water partition coefficient (Wildman–Crippen LogP) is 0.542. The van der Waals surface area contributed by atoms with Crippen LogP contribution >= 0.6 is 0 Å². The lowest BCUT2D eigenvalue weighted by Gasteiger charge is -2.15. The van der Waals surface area contributed by atoms with E-state index in [1.54, 1.807) is 20.0 Å². The lowest BCUT2D eigenvalue weighted by molar-refractivity contribution is -0.122. The summed E-state index contributed by atoms with van der Waals surface area (Å²) in [5.74, 6) is -1.36. The van der Waals surface area contributed by atoms with Crippen molar-refractivity contribution in [2.24, 2.45) is 0 Å². The van der Waals surface area contributed by atoms with Crippen LogP contribution in [0.25, 0.3) is 0 Å². The van der Waals surface area contributed by atoms with Crippen LogP contribution in [0.15, 0.2) is 24.3 Å². The van der Waals surface area contributed by atoms with E-state index in [9.17, 15) is 18.8 Å². The van der Waals surface area contributed by atoms with Crippen LogP contribution in [0.2, 0.25) is 0 Å². The van der Waals surface area contributed by atoms with E-state index >= 15 is 0 Å². The summed E-state index contributed by atoms with van der Waals surface area (Å²) >= 11 is 0. The lowest BCUT2D eigenvalue weighted by Crippen LogP contribution is -2.44. The molecular formula is C14H19FN4O3. The molecule has 0 aromatic heterocycles. The van der Waals surface area contributed by atoms with Crippen molar-refractivity contribution in [2.45, 2.75) is 6.92 Å². The van der Waals surface area contributed by atoms with Gasteiger partial charge in [-0.05, 0) is 32.2 Å². The second-order valence-electron chi connectivity index (χ2n) is 4.64. The lowest BCUT2D eigenvalue weighted by atomic mass is 10.3. The Morgan fingerprint density at radius 3 is 2.50 bits per heavy atom. The molecule has 0 saturated heterocycles. The molecule has 0 heterocycles. The maximum absolute atomic E-state index is 13.0. The van der Waals surface area contributed by atoms with Crippen molar-refractivity contribution in [1.29, 1.82) is 0 Å². The first-order chi connectivity index (χ1) is 10.4. The minimum atomic E-state index is -0.579. The second kappa shape index (κ2) is 8.73. The summed E-state index contributed by atoms with van der Waals surface area (Å²) in [6, 6.07) is 4.93. The highest BCUT2D eigenvalue weighted by Crippen LogP contribution is 2.08. The summed E-state index contributed by atoms with van der Waals surface area (Å²) < 4.78 is 13.0. The van der Waals surface area contributed by atoms with Gasteiger partial charge >= 0.3 is 6.03 Å². The van der Waals surface area contributed by atoms with Gasteiger partial charge in [0.15, 0.2) is 0 Å². The van der Waals surface area contributed by atoms with E-state index in [1.807, 2.05) is 0 Å². The van der Waals surface area contributed by atoms with Gasteiger partial charge in [0.25, 0.3) is 0 Å². The summed E-state index contributed by atoms with van der Waals surface area (Å²) in [7, 11) is 1.56. The number of nitrogens with one attached hydrogen (secondary N) is 3. The minimum Gasteiger partial charge on any atom is -0.338 e. The van der Waals surface area contributed by atoms with Gasteiger partial charge in [-0.2, -0.15) is 0 Å². The number of rotatable bonds is 6. The Morgan fingerprint density at radius 2 is 1.86 bits per heavy atom. The summed E-state index contributed by atoms with van der Waals surface area (Å²) in [4.78, 5) is 35.9. The van der Waals surface area contributed by atoms with E-state index in [1.165, 1.54) is 23.1 Å². The largest absolute Gasteiger partial charge is 0.338 e. The molecule has 0 unspecified atom stereocenters. The standard InChI is InChI=1S/C14H19FN4O3/c1-3-16-14(22)18-13(21)9-19(2)8-12(20)17-11-6-4-5-10(15)7-11/h4-7H,3,8-9H2,1-2H3,(H,17,20)(H2,16,18,21,22). The van der Waals surface area contributed by atoms with E-state index in [0.29, 0.717) is 12.2 Å². The zero-order chi connectivity index (χ0) is 16.5. The Hall–Kier alpha value is -2.48. The van der Waals surface area contributed by atoms with Crippen molar-refractivity contribution < 1.29 is 18.8 Å². The van der Waals surface area contributed by atoms with Crippen molar-refractivity contribution in [2.75, 3.05) is 32.0 Å². The van der Waals surface area contributed by atoms with E-state index in [-0.39, 0.29) is 19.0 Å². The van der Waals surface area contributed by atoms with Crippen LogP contribution in [0.1, 0.15) is 6.92 Å². The van der Waals surface area contributed by atoms with Gasteiger partial charge in [-0.25, -0.2) is 9.18 Å². The zero-order valence-electron chi connectivity index (χ0n) is 12.5. The highest BCUT2D eigenvalue weighted by molar-refractivity contribution is 5.96. The summed E-state index contributed by atoms with van der Waals surface area (Å²) in [5.41, 5.74) is 0.338. The SMILES string of the molecule is CCNC(=O)NC(=O)CN(C)CC(=O)Nc1cccc(F)c1. The van der Waals surface area contributed by atoms with Crippen LogP contribution in [0.4, 0.5) is 14.9 Å². The van der Waals surface area contributed by atoms with Crippen molar-refractivity contribution in [3.63, 3.8) is 0 Å². The molecule has 120 valence electrons. The average Bonchev–Trinajstić information content (AvgIpc) is 2.37. The Morgan fingerprint density at radius 1 is 1.18 bits per heavy atom. The molecule has 0 spiro atoms. The number of likely N-dealkylation sites (N-methyl/N-ethyl adjacent to an activating group) is 1. The molecule has 7 nitrogen and oxygen atoms in total. The number of imide groups is 1. The molecule has 22 heavy (non-hydrogen) atoms. The maximum atomic E-state index is 13.0. The number of urea groups is 1. The highest BCUT2D eigenvalue weighted by atomic mass is 19.1. The van der Waals surface area contributed by atoms with Crippen LogP contribution in [-0.4, -0.2) is 49.4 Å². The molecule has 0 fully saturated rings. The third kappa shape index (κ3) is 6.80. The Bertz CT molecular complexity index is 551. The number of halogens is 1. The van der Waals surface area contributed by atoms with Gasteiger partial charge < -0.3 is 10.6 Å². The average molecular weight is 310 g/mol. The fraction of sp³-hybridized carbons (Fsp3) is 0.357. The van der Waals surface area contributed by atoms with Crippen LogP contribution in [0.5, 0.6) is 0 Å². The fourth-order valence-electron chi connectivity index (χ4n) is 1.68. The van der Waals surface area contributed by atoms with Gasteiger partial charge in [0.2, 0.25) is 11.8 Å². The van der Waals surface area contributed by atoms with Gasteiger partial charge in [0, 0.05) is 12.2 Å². The minimum absolute atomic E-state index is 0.0701. The van der Waals surface area contributed by atoms with Crippen LogP contribution in [0, 0.1) is 5.82 Å². The molecule has 0 bridgehead atoms. The number of anilines is 1. The van der Waals surface area contributed by atoms with Crippen LogP contribution in [0.3, 0.4) is 0 Å². The summed E-state index contributed by atoms with van der Waals surface area (Å²) in [6.45, 7) is 1.95. The Balaban J connectivity index is 2.37. The molecule has 3 N–H and O–H groups in total. The molecular weight excluding hydrogens is 291 g/mol.